The highest BCUT2D eigenvalue weighted by atomic mass is 16.4. The van der Waals surface area contributed by atoms with E-state index < -0.39 is 5.97 Å². The summed E-state index contributed by atoms with van der Waals surface area (Å²) in [5.41, 5.74) is 1.53. The highest BCUT2D eigenvalue weighted by molar-refractivity contribution is 5.84. The number of aromatic nitrogens is 1. The third kappa shape index (κ3) is 1.71. The number of benzene rings is 1. The molecule has 0 fully saturated rings. The molecule has 0 saturated heterocycles. The van der Waals surface area contributed by atoms with Crippen LogP contribution in [-0.4, -0.2) is 15.6 Å². The highest BCUT2D eigenvalue weighted by Crippen LogP contribution is 2.20. The van der Waals surface area contributed by atoms with Gasteiger partial charge in [0.1, 0.15) is 0 Å². The van der Waals surface area contributed by atoms with Crippen LogP contribution in [0.15, 0.2) is 30.5 Å². The lowest BCUT2D eigenvalue weighted by Crippen LogP contribution is -2.27. The van der Waals surface area contributed by atoms with E-state index in [1.807, 2.05) is 24.3 Å². The van der Waals surface area contributed by atoms with Gasteiger partial charge in [0, 0.05) is 22.7 Å². The van der Waals surface area contributed by atoms with Crippen LogP contribution >= 0.6 is 0 Å². The Hall–Kier alpha value is -1.81. The summed E-state index contributed by atoms with van der Waals surface area (Å²) >= 11 is 0. The van der Waals surface area contributed by atoms with E-state index in [9.17, 15) is 9.90 Å². The van der Waals surface area contributed by atoms with Crippen molar-refractivity contribution in [1.29, 1.82) is 0 Å². The minimum absolute atomic E-state index is 0.0967. The van der Waals surface area contributed by atoms with E-state index in [1.54, 1.807) is 10.8 Å². The Labute approximate surface area is 86.4 Å². The maximum Gasteiger partial charge on any atom is 0.0702 e. The molecule has 0 spiro atoms. The van der Waals surface area contributed by atoms with Crippen molar-refractivity contribution in [1.82, 2.24) is 4.57 Å². The second-order valence-corrected chi connectivity index (χ2v) is 3.33. The predicted molar refractivity (Wildman–Crippen MR) is 52.9 cm³/mol. The monoisotopic (exact) mass is 204 g/mol. The summed E-state index contributed by atoms with van der Waals surface area (Å²) in [6, 6.07) is 7.35. The normalized spacial score (nSPS) is 10.7. The number of carbonyl (C=O) groups is 1. The molecule has 0 radical (unpaired) electrons. The molecule has 4 heteroatoms. The fourth-order valence-corrected chi connectivity index (χ4v) is 1.72. The highest BCUT2D eigenvalue weighted by Gasteiger charge is 2.06. The molecule has 1 N–H and O–H groups in total. The quantitative estimate of drug-likeness (QED) is 0.758. The summed E-state index contributed by atoms with van der Waals surface area (Å²) in [4.78, 5) is 10.5. The number of aliphatic carboxylic acids is 1. The van der Waals surface area contributed by atoms with E-state index in [0.29, 0.717) is 0 Å². The van der Waals surface area contributed by atoms with Crippen LogP contribution in [0.3, 0.4) is 0 Å². The van der Waals surface area contributed by atoms with Crippen molar-refractivity contribution in [3.63, 3.8) is 0 Å². The fourth-order valence-electron chi connectivity index (χ4n) is 1.72. The van der Waals surface area contributed by atoms with Crippen molar-refractivity contribution < 1.29 is 15.0 Å². The number of aliphatic hydroxyl groups excluding tert-OH is 1. The Balaban J connectivity index is 2.59. The van der Waals surface area contributed by atoms with Gasteiger partial charge in [0.15, 0.2) is 0 Å². The van der Waals surface area contributed by atoms with Gasteiger partial charge in [-0.2, -0.15) is 0 Å². The number of para-hydroxylation sites is 1. The maximum atomic E-state index is 10.5. The molecule has 78 valence electrons. The number of nitrogens with zero attached hydrogens (tertiary/aromatic N) is 1. The summed E-state index contributed by atoms with van der Waals surface area (Å²) < 4.78 is 1.57. The molecule has 0 aliphatic heterocycles. The van der Waals surface area contributed by atoms with Gasteiger partial charge in [-0.1, -0.05) is 18.2 Å². The Morgan fingerprint density at radius 1 is 1.40 bits per heavy atom. The second kappa shape index (κ2) is 3.74. The van der Waals surface area contributed by atoms with Gasteiger partial charge in [-0.05, 0) is 6.07 Å². The molecular formula is C11H10NO3-. The van der Waals surface area contributed by atoms with E-state index in [2.05, 4.69) is 0 Å². The lowest BCUT2D eigenvalue weighted by Gasteiger charge is -2.04. The first kappa shape index (κ1) is 9.73. The Morgan fingerprint density at radius 2 is 2.13 bits per heavy atom. The topological polar surface area (TPSA) is 65.3 Å². The van der Waals surface area contributed by atoms with Gasteiger partial charge in [-0.25, -0.2) is 0 Å². The van der Waals surface area contributed by atoms with Gasteiger partial charge in [0.05, 0.1) is 19.1 Å². The fraction of sp³-hybridized carbons (Fsp3) is 0.182. The number of rotatable bonds is 3. The van der Waals surface area contributed by atoms with E-state index in [4.69, 9.17) is 5.11 Å². The third-order valence-electron chi connectivity index (χ3n) is 2.34. The van der Waals surface area contributed by atoms with E-state index in [-0.39, 0.29) is 13.2 Å². The number of carboxylic acid groups (broad SMARTS) is 1. The van der Waals surface area contributed by atoms with E-state index in [1.165, 1.54) is 0 Å². The maximum absolute atomic E-state index is 10.5. The molecule has 0 aliphatic rings. The minimum atomic E-state index is -1.14. The van der Waals surface area contributed by atoms with Crippen LogP contribution in [0.2, 0.25) is 0 Å². The molecule has 2 aromatic rings. The van der Waals surface area contributed by atoms with Crippen LogP contribution in [-0.2, 0) is 17.9 Å². The number of carbonyl (C=O) groups excluding carboxylic acids is 1. The number of aliphatic hydroxyl groups is 1. The number of hydrogen-bond donors (Lipinski definition) is 1. The van der Waals surface area contributed by atoms with Crippen molar-refractivity contribution in [2.24, 2.45) is 0 Å². The molecule has 1 heterocycles. The zero-order chi connectivity index (χ0) is 10.8. The zero-order valence-electron chi connectivity index (χ0n) is 8.01. The van der Waals surface area contributed by atoms with E-state index in [0.717, 1.165) is 16.5 Å². The lowest BCUT2D eigenvalue weighted by molar-refractivity contribution is -0.306. The van der Waals surface area contributed by atoms with Crippen LogP contribution in [0.25, 0.3) is 10.9 Å². The van der Waals surface area contributed by atoms with Crippen molar-refractivity contribution in [2.75, 3.05) is 0 Å². The summed E-state index contributed by atoms with van der Waals surface area (Å²) in [6.45, 7) is -0.291. The largest absolute Gasteiger partial charge is 0.548 e. The molecule has 0 amide bonds. The number of fused-ring (bicyclic) bond motifs is 1. The van der Waals surface area contributed by atoms with Gasteiger partial charge in [-0.3, -0.25) is 0 Å². The molecular weight excluding hydrogens is 194 g/mol. The molecule has 0 aliphatic carbocycles. The Bertz CT molecular complexity index is 502. The van der Waals surface area contributed by atoms with Crippen LogP contribution in [0, 0.1) is 0 Å². The summed E-state index contributed by atoms with van der Waals surface area (Å²) in [5, 5.41) is 20.5. The second-order valence-electron chi connectivity index (χ2n) is 3.33. The Kier molecular flexibility index (Phi) is 2.43. The van der Waals surface area contributed by atoms with E-state index >= 15 is 0 Å². The van der Waals surface area contributed by atoms with Crippen LogP contribution < -0.4 is 5.11 Å². The number of hydrogen-bond acceptors (Lipinski definition) is 3. The lowest BCUT2D eigenvalue weighted by atomic mass is 10.2. The molecule has 0 unspecified atom stereocenters. The smallest absolute Gasteiger partial charge is 0.0702 e. The predicted octanol–water partition coefficient (Wildman–Crippen LogP) is -0.117. The molecule has 0 saturated carbocycles. The van der Waals surface area contributed by atoms with Gasteiger partial charge >= 0.3 is 0 Å². The molecule has 1 aromatic heterocycles. The summed E-state index contributed by atoms with van der Waals surface area (Å²) in [7, 11) is 0. The Morgan fingerprint density at radius 3 is 2.80 bits per heavy atom. The average Bonchev–Trinajstić information content (AvgIpc) is 2.56. The molecule has 15 heavy (non-hydrogen) atoms. The SMILES string of the molecule is O=C([O-])Cn1cc(CO)c2ccccc21. The van der Waals surface area contributed by atoms with Crippen molar-refractivity contribution in [3.05, 3.63) is 36.0 Å². The molecule has 4 nitrogen and oxygen atoms in total. The van der Waals surface area contributed by atoms with Gasteiger partial charge in [0.25, 0.3) is 0 Å². The molecule has 0 atom stereocenters. The zero-order valence-corrected chi connectivity index (χ0v) is 8.01. The van der Waals surface area contributed by atoms with Crippen LogP contribution in [0.1, 0.15) is 5.56 Å². The first-order valence-corrected chi connectivity index (χ1v) is 4.60. The molecule has 0 bridgehead atoms. The third-order valence-corrected chi connectivity index (χ3v) is 2.34. The van der Waals surface area contributed by atoms with Crippen molar-refractivity contribution >= 4 is 16.9 Å². The van der Waals surface area contributed by atoms with Gasteiger partial charge < -0.3 is 19.6 Å². The summed E-state index contributed by atoms with van der Waals surface area (Å²) in [5.74, 6) is -1.14. The summed E-state index contributed by atoms with van der Waals surface area (Å²) in [6.07, 6.45) is 1.64. The van der Waals surface area contributed by atoms with Crippen LogP contribution in [0.4, 0.5) is 0 Å². The molecule has 1 aromatic carbocycles. The first-order chi connectivity index (χ1) is 7.22. The minimum Gasteiger partial charge on any atom is -0.548 e. The van der Waals surface area contributed by atoms with Crippen molar-refractivity contribution in [3.8, 4) is 0 Å². The average molecular weight is 204 g/mol. The van der Waals surface area contributed by atoms with Gasteiger partial charge in [-0.15, -0.1) is 0 Å². The van der Waals surface area contributed by atoms with Crippen LogP contribution in [0.5, 0.6) is 0 Å². The van der Waals surface area contributed by atoms with Crippen molar-refractivity contribution in [2.45, 2.75) is 13.2 Å². The standard InChI is InChI=1S/C11H11NO3/c13-7-8-5-12(6-11(14)15)10-4-2-1-3-9(8)10/h1-5,13H,6-7H2,(H,14,15)/p-1. The number of carboxylic acids is 1. The molecule has 2 rings (SSSR count). The first-order valence-electron chi connectivity index (χ1n) is 4.60. The van der Waals surface area contributed by atoms with Gasteiger partial charge in [0.2, 0.25) is 0 Å².